The minimum atomic E-state index is -3.50. The number of nitrogens with one attached hydrogen (secondary N) is 1. The molecule has 5 heteroatoms. The average Bonchev–Trinajstić information content (AvgIpc) is 2.53. The van der Waals surface area contributed by atoms with Crippen molar-refractivity contribution in [1.29, 1.82) is 0 Å². The maximum Gasteiger partial charge on any atom is 0.235 e. The quantitative estimate of drug-likeness (QED) is 0.824. The van der Waals surface area contributed by atoms with Crippen LogP contribution in [-0.4, -0.2) is 20.1 Å². The molecule has 0 aromatic heterocycles. The molecule has 0 fully saturated rings. The fourth-order valence-electron chi connectivity index (χ4n) is 2.72. The molecule has 4 nitrogen and oxygen atoms in total. The predicted molar refractivity (Wildman–Crippen MR) is 101 cm³/mol. The first-order valence-corrected chi connectivity index (χ1v) is 10.3. The van der Waals surface area contributed by atoms with E-state index in [1.165, 1.54) is 5.56 Å². The fourth-order valence-corrected chi connectivity index (χ4v) is 3.99. The number of hydrogen-bond acceptors (Lipinski definition) is 3. The molecule has 25 heavy (non-hydrogen) atoms. The zero-order valence-electron chi connectivity index (χ0n) is 15.0. The van der Waals surface area contributed by atoms with Crippen LogP contribution in [0.25, 0.3) is 0 Å². The van der Waals surface area contributed by atoms with Gasteiger partial charge in [0.25, 0.3) is 0 Å². The van der Waals surface area contributed by atoms with Crippen molar-refractivity contribution < 1.29 is 13.2 Å². The molecule has 0 aliphatic heterocycles. The van der Waals surface area contributed by atoms with Gasteiger partial charge in [0, 0.05) is 0 Å². The smallest absolute Gasteiger partial charge is 0.235 e. The summed E-state index contributed by atoms with van der Waals surface area (Å²) in [5, 5.41) is 2.77. The van der Waals surface area contributed by atoms with Crippen LogP contribution >= 0.6 is 0 Å². The molecule has 0 saturated heterocycles. The lowest BCUT2D eigenvalue weighted by molar-refractivity contribution is -0.119. The highest BCUT2D eigenvalue weighted by Gasteiger charge is 2.19. The van der Waals surface area contributed by atoms with Gasteiger partial charge in [0.1, 0.15) is 5.75 Å². The van der Waals surface area contributed by atoms with Gasteiger partial charge in [-0.05, 0) is 37.0 Å². The summed E-state index contributed by atoms with van der Waals surface area (Å²) in [6, 6.07) is 15.1. The van der Waals surface area contributed by atoms with Crippen molar-refractivity contribution >= 4 is 15.7 Å². The van der Waals surface area contributed by atoms with Crippen LogP contribution in [0.2, 0.25) is 0 Å². The standard InChI is InChI=1S/C20H25NO3S/c1-4-17-8-10-19(11-9-17)16(3)21-20(22)14-25(23,24)13-18-7-5-6-15(2)12-18/h5-12,16H,4,13-14H2,1-3H3,(H,21,22)/t16-/m1/s1. The van der Waals surface area contributed by atoms with E-state index in [9.17, 15) is 13.2 Å². The molecule has 0 aliphatic carbocycles. The molecular weight excluding hydrogens is 334 g/mol. The number of hydrogen-bond donors (Lipinski definition) is 1. The maximum atomic E-state index is 12.3. The highest BCUT2D eigenvalue weighted by atomic mass is 32.2. The van der Waals surface area contributed by atoms with Crippen LogP contribution in [0.5, 0.6) is 0 Å². The van der Waals surface area contributed by atoms with Gasteiger partial charge in [-0.1, -0.05) is 61.0 Å². The highest BCUT2D eigenvalue weighted by Crippen LogP contribution is 2.14. The van der Waals surface area contributed by atoms with E-state index in [0.29, 0.717) is 5.56 Å². The van der Waals surface area contributed by atoms with E-state index in [1.54, 1.807) is 6.07 Å². The summed E-state index contributed by atoms with van der Waals surface area (Å²) >= 11 is 0. The van der Waals surface area contributed by atoms with Crippen molar-refractivity contribution in [3.8, 4) is 0 Å². The van der Waals surface area contributed by atoms with Crippen molar-refractivity contribution in [1.82, 2.24) is 5.32 Å². The number of aryl methyl sites for hydroxylation is 2. The Morgan fingerprint density at radius 3 is 2.36 bits per heavy atom. The van der Waals surface area contributed by atoms with Crippen LogP contribution < -0.4 is 5.32 Å². The highest BCUT2D eigenvalue weighted by molar-refractivity contribution is 7.91. The number of carbonyl (C=O) groups excluding carboxylic acids is 1. The lowest BCUT2D eigenvalue weighted by Crippen LogP contribution is -2.32. The van der Waals surface area contributed by atoms with Crippen molar-refractivity contribution in [2.24, 2.45) is 0 Å². The minimum absolute atomic E-state index is 0.123. The Kier molecular flexibility index (Phi) is 6.37. The summed E-state index contributed by atoms with van der Waals surface area (Å²) < 4.78 is 24.5. The molecule has 0 radical (unpaired) electrons. The fraction of sp³-hybridized carbons (Fsp3) is 0.350. The van der Waals surface area contributed by atoms with Gasteiger partial charge in [0.15, 0.2) is 9.84 Å². The van der Waals surface area contributed by atoms with Gasteiger partial charge in [-0.25, -0.2) is 8.42 Å². The van der Waals surface area contributed by atoms with E-state index in [4.69, 9.17) is 0 Å². The van der Waals surface area contributed by atoms with E-state index in [0.717, 1.165) is 17.5 Å². The molecule has 0 unspecified atom stereocenters. The van der Waals surface area contributed by atoms with Gasteiger partial charge in [0.2, 0.25) is 5.91 Å². The normalized spacial score (nSPS) is 12.6. The topological polar surface area (TPSA) is 63.2 Å². The largest absolute Gasteiger partial charge is 0.349 e. The molecule has 1 atom stereocenters. The van der Waals surface area contributed by atoms with Gasteiger partial charge in [-0.3, -0.25) is 4.79 Å². The van der Waals surface area contributed by atoms with Gasteiger partial charge in [0.05, 0.1) is 11.8 Å². The molecule has 2 rings (SSSR count). The third-order valence-electron chi connectivity index (χ3n) is 4.09. The Balaban J connectivity index is 1.95. The molecule has 0 aliphatic rings. The third-order valence-corrected chi connectivity index (χ3v) is 5.56. The van der Waals surface area contributed by atoms with Crippen molar-refractivity contribution in [3.63, 3.8) is 0 Å². The Labute approximate surface area is 150 Å². The number of carbonyl (C=O) groups is 1. The van der Waals surface area contributed by atoms with Gasteiger partial charge in [-0.15, -0.1) is 0 Å². The molecule has 1 amide bonds. The molecule has 134 valence electrons. The van der Waals surface area contributed by atoms with Crippen molar-refractivity contribution in [3.05, 3.63) is 70.8 Å². The lowest BCUT2D eigenvalue weighted by Gasteiger charge is -2.15. The second-order valence-corrected chi connectivity index (χ2v) is 8.47. The minimum Gasteiger partial charge on any atom is -0.349 e. The van der Waals surface area contributed by atoms with Crippen molar-refractivity contribution in [2.45, 2.75) is 39.0 Å². The zero-order valence-corrected chi connectivity index (χ0v) is 15.8. The van der Waals surface area contributed by atoms with Crippen LogP contribution in [0.1, 0.15) is 42.1 Å². The first-order chi connectivity index (χ1) is 11.8. The van der Waals surface area contributed by atoms with E-state index in [1.807, 2.05) is 56.3 Å². The van der Waals surface area contributed by atoms with Gasteiger partial charge >= 0.3 is 0 Å². The maximum absolute atomic E-state index is 12.3. The van der Waals surface area contributed by atoms with Crippen LogP contribution in [0, 0.1) is 6.92 Å². The monoisotopic (exact) mass is 359 g/mol. The van der Waals surface area contributed by atoms with Crippen molar-refractivity contribution in [2.75, 3.05) is 5.75 Å². The number of benzene rings is 2. The SMILES string of the molecule is CCc1ccc([C@@H](C)NC(=O)CS(=O)(=O)Cc2cccc(C)c2)cc1. The van der Waals surface area contributed by atoms with Crippen LogP contribution in [0.15, 0.2) is 48.5 Å². The molecule has 0 bridgehead atoms. The zero-order chi connectivity index (χ0) is 18.4. The molecule has 0 saturated carbocycles. The number of amides is 1. The molecular formula is C20H25NO3S. The average molecular weight is 359 g/mol. The predicted octanol–water partition coefficient (Wildman–Crippen LogP) is 3.35. The molecule has 1 N–H and O–H groups in total. The van der Waals surface area contributed by atoms with Gasteiger partial charge in [-0.2, -0.15) is 0 Å². The molecule has 0 heterocycles. The number of rotatable bonds is 7. The van der Waals surface area contributed by atoms with E-state index in [2.05, 4.69) is 12.2 Å². The Morgan fingerprint density at radius 1 is 1.08 bits per heavy atom. The van der Waals surface area contributed by atoms with Crippen LogP contribution in [-0.2, 0) is 26.8 Å². The van der Waals surface area contributed by atoms with Crippen LogP contribution in [0.4, 0.5) is 0 Å². The number of sulfone groups is 1. The first kappa shape index (κ1) is 19.2. The second-order valence-electron chi connectivity index (χ2n) is 6.41. The van der Waals surface area contributed by atoms with Crippen LogP contribution in [0.3, 0.4) is 0 Å². The third kappa shape index (κ3) is 6.02. The Morgan fingerprint density at radius 2 is 1.76 bits per heavy atom. The summed E-state index contributed by atoms with van der Waals surface area (Å²) in [4.78, 5) is 12.1. The summed E-state index contributed by atoms with van der Waals surface area (Å²) in [6.07, 6.45) is 0.957. The van der Waals surface area contributed by atoms with Gasteiger partial charge < -0.3 is 5.32 Å². The van der Waals surface area contributed by atoms with E-state index >= 15 is 0 Å². The summed E-state index contributed by atoms with van der Waals surface area (Å²) in [6.45, 7) is 5.85. The Hall–Kier alpha value is -2.14. The van der Waals surface area contributed by atoms with E-state index in [-0.39, 0.29) is 11.8 Å². The first-order valence-electron chi connectivity index (χ1n) is 8.43. The molecule has 2 aromatic carbocycles. The lowest BCUT2D eigenvalue weighted by atomic mass is 10.1. The van der Waals surface area contributed by atoms with E-state index < -0.39 is 21.5 Å². The molecule has 2 aromatic rings. The summed E-state index contributed by atoms with van der Waals surface area (Å²) in [7, 11) is -3.50. The molecule has 0 spiro atoms. The summed E-state index contributed by atoms with van der Waals surface area (Å²) in [5.74, 6) is -1.10. The second kappa shape index (κ2) is 8.30. The Bertz CT molecular complexity index is 826. The summed E-state index contributed by atoms with van der Waals surface area (Å²) in [5.41, 5.74) is 3.89.